The van der Waals surface area contributed by atoms with Crippen molar-refractivity contribution in [1.82, 2.24) is 15.3 Å². The van der Waals surface area contributed by atoms with E-state index in [1.54, 1.807) is 17.6 Å². The normalized spacial score (nSPS) is 19.4. The fourth-order valence-electron chi connectivity index (χ4n) is 3.98. The first-order chi connectivity index (χ1) is 13.7. The lowest BCUT2D eigenvalue weighted by Gasteiger charge is -2.40. The van der Waals surface area contributed by atoms with Crippen molar-refractivity contribution in [3.8, 4) is 0 Å². The molecule has 0 spiro atoms. The van der Waals surface area contributed by atoms with Crippen LogP contribution in [-0.2, 0) is 9.59 Å². The Hall–Kier alpha value is -2.44. The Labute approximate surface area is 166 Å². The molecule has 0 atom stereocenters. The minimum atomic E-state index is -0.580. The number of amides is 2. The Bertz CT molecular complexity index is 730. The van der Waals surface area contributed by atoms with Crippen molar-refractivity contribution in [3.05, 3.63) is 47.5 Å². The van der Waals surface area contributed by atoms with E-state index in [-0.39, 0.29) is 5.91 Å². The Morgan fingerprint density at radius 2 is 1.61 bits per heavy atom. The molecule has 0 aliphatic carbocycles. The van der Waals surface area contributed by atoms with Gasteiger partial charge in [0.2, 0.25) is 5.91 Å². The predicted octanol–water partition coefficient (Wildman–Crippen LogP) is 2.70. The molecule has 3 rings (SSSR count). The third-order valence-electron chi connectivity index (χ3n) is 5.55. The molecule has 28 heavy (non-hydrogen) atoms. The SMILES string of the molecule is O=C(C=Cc1cccc(C=CC(=O)N2CCC(N3CCCCC3)CC2)c1)NO. The largest absolute Gasteiger partial charge is 0.339 e. The Kier molecular flexibility index (Phi) is 7.39. The predicted molar refractivity (Wildman–Crippen MR) is 109 cm³/mol. The van der Waals surface area contributed by atoms with Crippen LogP contribution in [0.3, 0.4) is 0 Å². The molecule has 0 unspecified atom stereocenters. The number of nitrogens with one attached hydrogen (secondary N) is 1. The molecule has 6 heteroatoms. The van der Waals surface area contributed by atoms with Crippen LogP contribution in [0.2, 0.25) is 0 Å². The van der Waals surface area contributed by atoms with Crippen LogP contribution < -0.4 is 5.48 Å². The third kappa shape index (κ3) is 5.78. The van der Waals surface area contributed by atoms with Gasteiger partial charge in [-0.05, 0) is 68.1 Å². The minimum absolute atomic E-state index is 0.0534. The zero-order valence-corrected chi connectivity index (χ0v) is 16.2. The van der Waals surface area contributed by atoms with Crippen LogP contribution in [-0.4, -0.2) is 59.0 Å². The van der Waals surface area contributed by atoms with Gasteiger partial charge in [0.05, 0.1) is 0 Å². The lowest BCUT2D eigenvalue weighted by atomic mass is 10.00. The monoisotopic (exact) mass is 383 g/mol. The average Bonchev–Trinajstić information content (AvgIpc) is 2.76. The summed E-state index contributed by atoms with van der Waals surface area (Å²) in [5.74, 6) is -0.526. The van der Waals surface area contributed by atoms with Crippen LogP contribution in [0.4, 0.5) is 0 Å². The summed E-state index contributed by atoms with van der Waals surface area (Å²) in [5, 5.41) is 8.52. The van der Waals surface area contributed by atoms with Crippen LogP contribution >= 0.6 is 0 Å². The first-order valence-corrected chi connectivity index (χ1v) is 10.1. The lowest BCUT2D eigenvalue weighted by Crippen LogP contribution is -2.47. The van der Waals surface area contributed by atoms with Crippen molar-refractivity contribution >= 4 is 24.0 Å². The van der Waals surface area contributed by atoms with Gasteiger partial charge in [0.1, 0.15) is 0 Å². The quantitative estimate of drug-likeness (QED) is 0.466. The first-order valence-electron chi connectivity index (χ1n) is 10.1. The van der Waals surface area contributed by atoms with E-state index in [9.17, 15) is 9.59 Å². The maximum atomic E-state index is 12.5. The minimum Gasteiger partial charge on any atom is -0.339 e. The van der Waals surface area contributed by atoms with Gasteiger partial charge in [-0.2, -0.15) is 0 Å². The molecule has 0 radical (unpaired) electrons. The molecule has 2 N–H and O–H groups in total. The van der Waals surface area contributed by atoms with Crippen LogP contribution in [0.1, 0.15) is 43.2 Å². The summed E-state index contributed by atoms with van der Waals surface area (Å²) < 4.78 is 0. The molecular weight excluding hydrogens is 354 g/mol. The average molecular weight is 383 g/mol. The van der Waals surface area contributed by atoms with E-state index in [0.717, 1.165) is 37.1 Å². The van der Waals surface area contributed by atoms with Gasteiger partial charge in [-0.25, -0.2) is 5.48 Å². The number of hydrogen-bond acceptors (Lipinski definition) is 4. The van der Waals surface area contributed by atoms with Crippen LogP contribution in [0.25, 0.3) is 12.2 Å². The highest BCUT2D eigenvalue weighted by Crippen LogP contribution is 2.21. The summed E-state index contributed by atoms with van der Waals surface area (Å²) in [6.07, 6.45) is 12.4. The number of hydroxylamine groups is 1. The fraction of sp³-hybridized carbons (Fsp3) is 0.455. The fourth-order valence-corrected chi connectivity index (χ4v) is 3.98. The number of hydrogen-bond donors (Lipinski definition) is 2. The molecule has 2 saturated heterocycles. The summed E-state index contributed by atoms with van der Waals surface area (Å²) in [6, 6.07) is 8.15. The molecule has 0 saturated carbocycles. The molecule has 6 nitrogen and oxygen atoms in total. The molecule has 1 aromatic rings. The molecule has 2 aliphatic heterocycles. The number of piperidine rings is 2. The van der Waals surface area contributed by atoms with Gasteiger partial charge in [-0.1, -0.05) is 24.6 Å². The summed E-state index contributed by atoms with van der Waals surface area (Å²) in [6.45, 7) is 4.07. The Morgan fingerprint density at radius 1 is 0.964 bits per heavy atom. The van der Waals surface area contributed by atoms with E-state index < -0.39 is 5.91 Å². The van der Waals surface area contributed by atoms with E-state index in [1.807, 2.05) is 35.2 Å². The number of rotatable bonds is 5. The molecule has 0 aromatic heterocycles. The summed E-state index contributed by atoms with van der Waals surface area (Å²) >= 11 is 0. The summed E-state index contributed by atoms with van der Waals surface area (Å²) in [4.78, 5) is 28.1. The second-order valence-corrected chi connectivity index (χ2v) is 7.47. The van der Waals surface area contributed by atoms with Crippen LogP contribution in [0.5, 0.6) is 0 Å². The highest BCUT2D eigenvalue weighted by Gasteiger charge is 2.26. The van der Waals surface area contributed by atoms with Crippen molar-refractivity contribution in [1.29, 1.82) is 0 Å². The maximum Gasteiger partial charge on any atom is 0.267 e. The van der Waals surface area contributed by atoms with Crippen molar-refractivity contribution in [2.75, 3.05) is 26.2 Å². The highest BCUT2D eigenvalue weighted by atomic mass is 16.5. The van der Waals surface area contributed by atoms with Gasteiger partial charge >= 0.3 is 0 Å². The zero-order valence-electron chi connectivity index (χ0n) is 16.2. The molecular formula is C22H29N3O3. The second kappa shape index (κ2) is 10.2. The number of benzene rings is 1. The van der Waals surface area contributed by atoms with E-state index >= 15 is 0 Å². The van der Waals surface area contributed by atoms with Crippen molar-refractivity contribution in [3.63, 3.8) is 0 Å². The molecule has 2 aliphatic rings. The van der Waals surface area contributed by atoms with Gasteiger partial charge in [0.25, 0.3) is 5.91 Å². The standard InChI is InChI=1S/C22H29N3O3/c26-21(23-28)9-7-18-5-4-6-19(17-18)8-10-22(27)25-15-11-20(12-16-25)24-13-2-1-3-14-24/h4-10,17,20,28H,1-3,11-16H2,(H,23,26). The van der Waals surface area contributed by atoms with Gasteiger partial charge in [-0.3, -0.25) is 14.8 Å². The number of carbonyl (C=O) groups excluding carboxylic acids is 2. The van der Waals surface area contributed by atoms with Crippen molar-refractivity contribution in [2.45, 2.75) is 38.1 Å². The number of nitrogens with zero attached hydrogens (tertiary/aromatic N) is 2. The van der Waals surface area contributed by atoms with Gasteiger partial charge in [-0.15, -0.1) is 0 Å². The van der Waals surface area contributed by atoms with Crippen molar-refractivity contribution < 1.29 is 14.8 Å². The highest BCUT2D eigenvalue weighted by molar-refractivity contribution is 5.92. The van der Waals surface area contributed by atoms with Crippen LogP contribution in [0, 0.1) is 0 Å². The molecule has 1 aromatic carbocycles. The number of carbonyl (C=O) groups is 2. The van der Waals surface area contributed by atoms with Gasteiger partial charge < -0.3 is 9.80 Å². The van der Waals surface area contributed by atoms with E-state index in [0.29, 0.717) is 6.04 Å². The molecule has 150 valence electrons. The maximum absolute atomic E-state index is 12.5. The zero-order chi connectivity index (χ0) is 19.8. The topological polar surface area (TPSA) is 72.9 Å². The smallest absolute Gasteiger partial charge is 0.267 e. The molecule has 0 bridgehead atoms. The van der Waals surface area contributed by atoms with Crippen LogP contribution in [0.15, 0.2) is 36.4 Å². The Morgan fingerprint density at radius 3 is 2.25 bits per heavy atom. The van der Waals surface area contributed by atoms with Gasteiger partial charge in [0.15, 0.2) is 0 Å². The Balaban J connectivity index is 1.51. The third-order valence-corrected chi connectivity index (χ3v) is 5.55. The second-order valence-electron chi connectivity index (χ2n) is 7.47. The summed E-state index contributed by atoms with van der Waals surface area (Å²) in [7, 11) is 0. The molecule has 2 amide bonds. The first kappa shape index (κ1) is 20.3. The summed E-state index contributed by atoms with van der Waals surface area (Å²) in [5.41, 5.74) is 3.27. The molecule has 2 heterocycles. The molecule has 2 fully saturated rings. The van der Waals surface area contributed by atoms with E-state index in [4.69, 9.17) is 5.21 Å². The van der Waals surface area contributed by atoms with E-state index in [2.05, 4.69) is 4.90 Å². The van der Waals surface area contributed by atoms with E-state index in [1.165, 1.54) is 38.4 Å². The van der Waals surface area contributed by atoms with Gasteiger partial charge in [0, 0.05) is 31.3 Å². The lowest BCUT2D eigenvalue weighted by molar-refractivity contribution is -0.127. The van der Waals surface area contributed by atoms with Crippen molar-refractivity contribution in [2.24, 2.45) is 0 Å². The number of likely N-dealkylation sites (tertiary alicyclic amines) is 2.